The second-order valence-corrected chi connectivity index (χ2v) is 7.63. The fourth-order valence-corrected chi connectivity index (χ4v) is 3.89. The lowest BCUT2D eigenvalue weighted by Crippen LogP contribution is -2.39. The maximum absolute atomic E-state index is 12.6. The Kier molecular flexibility index (Phi) is 4.36. The van der Waals surface area contributed by atoms with Gasteiger partial charge in [-0.05, 0) is 57.1 Å². The fraction of sp³-hybridized carbons (Fsp3) is 0.571. The molecule has 1 aliphatic heterocycles. The summed E-state index contributed by atoms with van der Waals surface area (Å²) < 4.78 is 26.6. The lowest BCUT2D eigenvalue weighted by molar-refractivity contribution is 0.271. The highest BCUT2D eigenvalue weighted by molar-refractivity contribution is 7.89. The lowest BCUT2D eigenvalue weighted by Gasteiger charge is -2.25. The fourth-order valence-electron chi connectivity index (χ4n) is 2.59. The van der Waals surface area contributed by atoms with E-state index in [2.05, 4.69) is 4.90 Å². The van der Waals surface area contributed by atoms with Crippen LogP contribution in [0, 0.1) is 6.92 Å². The first-order chi connectivity index (χ1) is 9.32. The Labute approximate surface area is 121 Å². The number of sulfonamides is 1. The molecule has 0 saturated carbocycles. The molecule has 2 N–H and O–H groups in total. The number of aryl methyl sites for hydroxylation is 1. The zero-order valence-electron chi connectivity index (χ0n) is 12.3. The summed E-state index contributed by atoms with van der Waals surface area (Å²) >= 11 is 0. The summed E-state index contributed by atoms with van der Waals surface area (Å²) in [7, 11) is 0.255. The van der Waals surface area contributed by atoms with E-state index in [0.29, 0.717) is 23.2 Å². The van der Waals surface area contributed by atoms with Crippen molar-refractivity contribution in [3.63, 3.8) is 0 Å². The number of benzene rings is 1. The van der Waals surface area contributed by atoms with E-state index in [9.17, 15) is 8.42 Å². The lowest BCUT2D eigenvalue weighted by atomic mass is 10.2. The zero-order valence-corrected chi connectivity index (χ0v) is 13.2. The van der Waals surface area contributed by atoms with Gasteiger partial charge in [-0.1, -0.05) is 0 Å². The van der Waals surface area contributed by atoms with Gasteiger partial charge < -0.3 is 10.6 Å². The molecule has 1 aliphatic rings. The molecule has 1 aromatic rings. The molecule has 1 fully saturated rings. The van der Waals surface area contributed by atoms with Crippen molar-refractivity contribution in [3.8, 4) is 0 Å². The summed E-state index contributed by atoms with van der Waals surface area (Å²) in [5.41, 5.74) is 7.15. The van der Waals surface area contributed by atoms with Gasteiger partial charge in [-0.25, -0.2) is 8.42 Å². The number of likely N-dealkylation sites (N-methyl/N-ethyl adjacent to an activating group) is 2. The Morgan fingerprint density at radius 3 is 2.70 bits per heavy atom. The highest BCUT2D eigenvalue weighted by atomic mass is 32.2. The number of anilines is 1. The quantitative estimate of drug-likeness (QED) is 0.851. The summed E-state index contributed by atoms with van der Waals surface area (Å²) in [5.74, 6) is 0. The van der Waals surface area contributed by atoms with Crippen molar-refractivity contribution in [1.82, 2.24) is 9.21 Å². The van der Waals surface area contributed by atoms with E-state index in [4.69, 9.17) is 5.73 Å². The number of nitrogens with zero attached hydrogens (tertiary/aromatic N) is 2. The van der Waals surface area contributed by atoms with Crippen molar-refractivity contribution >= 4 is 15.7 Å². The Balaban J connectivity index is 2.18. The number of nitrogens with two attached hydrogens (primary N) is 1. The summed E-state index contributed by atoms with van der Waals surface area (Å²) in [6, 6.07) is 5.17. The van der Waals surface area contributed by atoms with Gasteiger partial charge in [0.15, 0.2) is 0 Å². The minimum Gasteiger partial charge on any atom is -0.399 e. The van der Waals surface area contributed by atoms with Crippen LogP contribution in [-0.2, 0) is 10.0 Å². The third kappa shape index (κ3) is 2.97. The number of likely N-dealkylation sites (tertiary alicyclic amines) is 1. The van der Waals surface area contributed by atoms with Crippen LogP contribution in [0.25, 0.3) is 0 Å². The summed E-state index contributed by atoms with van der Waals surface area (Å²) in [4.78, 5) is 2.53. The molecule has 6 heteroatoms. The van der Waals surface area contributed by atoms with Crippen molar-refractivity contribution in [2.45, 2.75) is 30.7 Å². The predicted octanol–water partition coefficient (Wildman–Crippen LogP) is 1.29. The Morgan fingerprint density at radius 1 is 1.45 bits per heavy atom. The first-order valence-electron chi connectivity index (χ1n) is 6.85. The smallest absolute Gasteiger partial charge is 0.242 e. The Hall–Kier alpha value is -1.11. The molecular formula is C14H23N3O2S. The monoisotopic (exact) mass is 297 g/mol. The van der Waals surface area contributed by atoms with E-state index in [-0.39, 0.29) is 0 Å². The van der Waals surface area contributed by atoms with Crippen LogP contribution in [-0.4, -0.2) is 50.8 Å². The van der Waals surface area contributed by atoms with E-state index < -0.39 is 10.0 Å². The van der Waals surface area contributed by atoms with Crippen molar-refractivity contribution in [2.75, 3.05) is 32.9 Å². The van der Waals surface area contributed by atoms with Crippen LogP contribution in [0.2, 0.25) is 0 Å². The Bertz CT molecular complexity index is 586. The van der Waals surface area contributed by atoms with Gasteiger partial charge in [-0.2, -0.15) is 4.31 Å². The highest BCUT2D eigenvalue weighted by Crippen LogP contribution is 2.22. The normalized spacial score (nSPS) is 20.7. The van der Waals surface area contributed by atoms with Gasteiger partial charge in [0.2, 0.25) is 10.0 Å². The standard InChI is InChI=1S/C14H23N3O2S/c1-11-9-13(6-7-14(11)15)20(18,19)17(3)10-12-5-4-8-16(12)2/h6-7,9,12H,4-5,8,10,15H2,1-3H3. The average Bonchev–Trinajstić information content (AvgIpc) is 2.78. The largest absolute Gasteiger partial charge is 0.399 e. The SMILES string of the molecule is Cc1cc(S(=O)(=O)N(C)CC2CCCN2C)ccc1N. The topological polar surface area (TPSA) is 66.6 Å². The molecule has 1 heterocycles. The molecule has 0 amide bonds. The first kappa shape index (κ1) is 15.3. The van der Waals surface area contributed by atoms with Crippen LogP contribution < -0.4 is 5.73 Å². The maximum Gasteiger partial charge on any atom is 0.242 e. The van der Waals surface area contributed by atoms with Gasteiger partial charge >= 0.3 is 0 Å². The van der Waals surface area contributed by atoms with Gasteiger partial charge in [-0.15, -0.1) is 0 Å². The molecule has 2 rings (SSSR count). The molecule has 0 radical (unpaired) electrons. The zero-order chi connectivity index (χ0) is 14.9. The van der Waals surface area contributed by atoms with Crippen LogP contribution in [0.15, 0.2) is 23.1 Å². The molecule has 5 nitrogen and oxygen atoms in total. The van der Waals surface area contributed by atoms with Crippen LogP contribution in [0.4, 0.5) is 5.69 Å². The molecular weight excluding hydrogens is 274 g/mol. The number of hydrogen-bond acceptors (Lipinski definition) is 4. The average molecular weight is 297 g/mol. The van der Waals surface area contributed by atoms with E-state index in [1.54, 1.807) is 25.2 Å². The van der Waals surface area contributed by atoms with E-state index in [0.717, 1.165) is 24.9 Å². The molecule has 0 bridgehead atoms. The third-order valence-electron chi connectivity index (χ3n) is 4.09. The molecule has 1 saturated heterocycles. The summed E-state index contributed by atoms with van der Waals surface area (Å²) in [6.45, 7) is 3.39. The van der Waals surface area contributed by atoms with Crippen molar-refractivity contribution in [2.24, 2.45) is 0 Å². The molecule has 20 heavy (non-hydrogen) atoms. The number of rotatable bonds is 4. The van der Waals surface area contributed by atoms with Crippen LogP contribution >= 0.6 is 0 Å². The molecule has 0 aromatic heterocycles. The molecule has 0 aliphatic carbocycles. The van der Waals surface area contributed by atoms with E-state index in [1.165, 1.54) is 4.31 Å². The highest BCUT2D eigenvalue weighted by Gasteiger charge is 2.28. The molecule has 1 aromatic carbocycles. The van der Waals surface area contributed by atoms with Crippen LogP contribution in [0.5, 0.6) is 0 Å². The Morgan fingerprint density at radius 2 is 2.15 bits per heavy atom. The van der Waals surface area contributed by atoms with Gasteiger partial charge in [0.05, 0.1) is 4.90 Å². The predicted molar refractivity (Wildman–Crippen MR) is 81.1 cm³/mol. The van der Waals surface area contributed by atoms with Gasteiger partial charge in [0.1, 0.15) is 0 Å². The van der Waals surface area contributed by atoms with Gasteiger partial charge in [-0.3, -0.25) is 0 Å². The van der Waals surface area contributed by atoms with Gasteiger partial charge in [0.25, 0.3) is 0 Å². The summed E-state index contributed by atoms with van der Waals surface area (Å²) in [5, 5.41) is 0. The molecule has 112 valence electrons. The van der Waals surface area contributed by atoms with Crippen molar-refractivity contribution in [3.05, 3.63) is 23.8 Å². The molecule has 1 unspecified atom stereocenters. The number of nitrogen functional groups attached to an aromatic ring is 1. The minimum atomic E-state index is -3.44. The second kappa shape index (κ2) is 5.71. The number of hydrogen-bond donors (Lipinski definition) is 1. The van der Waals surface area contributed by atoms with Crippen LogP contribution in [0.1, 0.15) is 18.4 Å². The molecule has 0 spiro atoms. The third-order valence-corrected chi connectivity index (χ3v) is 5.91. The second-order valence-electron chi connectivity index (χ2n) is 5.58. The first-order valence-corrected chi connectivity index (χ1v) is 8.29. The molecule has 1 atom stereocenters. The van der Waals surface area contributed by atoms with Crippen molar-refractivity contribution < 1.29 is 8.42 Å². The maximum atomic E-state index is 12.6. The van der Waals surface area contributed by atoms with E-state index in [1.807, 2.05) is 14.0 Å². The van der Waals surface area contributed by atoms with Crippen molar-refractivity contribution in [1.29, 1.82) is 0 Å². The van der Waals surface area contributed by atoms with Crippen LogP contribution in [0.3, 0.4) is 0 Å². The summed E-state index contributed by atoms with van der Waals surface area (Å²) in [6.07, 6.45) is 2.19. The van der Waals surface area contributed by atoms with Gasteiger partial charge in [0, 0.05) is 25.3 Å². The van der Waals surface area contributed by atoms with E-state index >= 15 is 0 Å². The minimum absolute atomic E-state index is 0.310.